The van der Waals surface area contributed by atoms with Crippen LogP contribution in [0.25, 0.3) is 0 Å². The summed E-state index contributed by atoms with van der Waals surface area (Å²) in [5.41, 5.74) is 0.878. The molecule has 114 valence electrons. The molecule has 2 atom stereocenters. The van der Waals surface area contributed by atoms with Crippen molar-refractivity contribution in [2.45, 2.75) is 20.4 Å². The van der Waals surface area contributed by atoms with Crippen LogP contribution in [0.15, 0.2) is 18.2 Å². The standard InChI is InChI=1S/C15H19NO5/c1-9(10(2)15(18)19)14(17)16-8-11-3-4-12-13(7-11)21-6-5-20-12/h3-4,7,9-10H,5-6,8H2,1-2H3,(H,16,17)(H,18,19). The first-order chi connectivity index (χ1) is 9.99. The van der Waals surface area contributed by atoms with Crippen molar-refractivity contribution < 1.29 is 24.2 Å². The fourth-order valence-corrected chi connectivity index (χ4v) is 1.99. The van der Waals surface area contributed by atoms with Crippen LogP contribution in [0, 0.1) is 11.8 Å². The predicted octanol–water partition coefficient (Wildman–Crippen LogP) is 1.43. The largest absolute Gasteiger partial charge is 0.486 e. The highest BCUT2D eigenvalue weighted by Gasteiger charge is 2.25. The maximum Gasteiger partial charge on any atom is 0.307 e. The highest BCUT2D eigenvalue weighted by atomic mass is 16.6. The van der Waals surface area contributed by atoms with Crippen LogP contribution in [0.5, 0.6) is 11.5 Å². The summed E-state index contributed by atoms with van der Waals surface area (Å²) in [5.74, 6) is -1.19. The number of carbonyl (C=O) groups is 2. The molecule has 6 heteroatoms. The van der Waals surface area contributed by atoms with E-state index in [0.29, 0.717) is 31.3 Å². The topological polar surface area (TPSA) is 84.9 Å². The normalized spacial score (nSPS) is 15.9. The van der Waals surface area contributed by atoms with Crippen molar-refractivity contribution in [1.82, 2.24) is 5.32 Å². The molecule has 0 radical (unpaired) electrons. The number of hydrogen-bond donors (Lipinski definition) is 2. The Morgan fingerprint density at radius 1 is 1.19 bits per heavy atom. The smallest absolute Gasteiger partial charge is 0.307 e. The SMILES string of the molecule is CC(C(=O)O)C(C)C(=O)NCc1ccc2c(c1)OCCO2. The Labute approximate surface area is 123 Å². The van der Waals surface area contributed by atoms with E-state index in [1.165, 1.54) is 6.92 Å². The van der Waals surface area contributed by atoms with Gasteiger partial charge in [-0.15, -0.1) is 0 Å². The summed E-state index contributed by atoms with van der Waals surface area (Å²) in [5, 5.41) is 11.7. The third kappa shape index (κ3) is 3.65. The Morgan fingerprint density at radius 2 is 1.86 bits per heavy atom. The number of carboxylic acid groups (broad SMARTS) is 1. The van der Waals surface area contributed by atoms with Gasteiger partial charge in [-0.1, -0.05) is 19.9 Å². The number of benzene rings is 1. The maximum absolute atomic E-state index is 11.9. The minimum Gasteiger partial charge on any atom is -0.486 e. The second-order valence-electron chi connectivity index (χ2n) is 5.11. The quantitative estimate of drug-likeness (QED) is 0.858. The fourth-order valence-electron chi connectivity index (χ4n) is 1.99. The van der Waals surface area contributed by atoms with Gasteiger partial charge in [0, 0.05) is 12.5 Å². The molecule has 21 heavy (non-hydrogen) atoms. The predicted molar refractivity (Wildman–Crippen MR) is 75.2 cm³/mol. The monoisotopic (exact) mass is 293 g/mol. The number of amides is 1. The molecule has 0 aromatic heterocycles. The van der Waals surface area contributed by atoms with Crippen LogP contribution in [-0.2, 0) is 16.1 Å². The molecule has 1 aliphatic rings. The molecule has 1 aliphatic heterocycles. The Balaban J connectivity index is 1.93. The average molecular weight is 293 g/mol. The van der Waals surface area contributed by atoms with Crippen LogP contribution in [-0.4, -0.2) is 30.2 Å². The van der Waals surface area contributed by atoms with Crippen molar-refractivity contribution in [3.05, 3.63) is 23.8 Å². The van der Waals surface area contributed by atoms with Gasteiger partial charge in [0.25, 0.3) is 0 Å². The first kappa shape index (κ1) is 15.2. The average Bonchev–Trinajstić information content (AvgIpc) is 2.50. The summed E-state index contributed by atoms with van der Waals surface area (Å²) in [6, 6.07) is 5.47. The van der Waals surface area contributed by atoms with Gasteiger partial charge in [-0.2, -0.15) is 0 Å². The van der Waals surface area contributed by atoms with E-state index in [9.17, 15) is 9.59 Å². The van der Waals surface area contributed by atoms with Gasteiger partial charge >= 0.3 is 5.97 Å². The summed E-state index contributed by atoms with van der Waals surface area (Å²) >= 11 is 0. The first-order valence-corrected chi connectivity index (χ1v) is 6.88. The molecule has 0 aliphatic carbocycles. The van der Waals surface area contributed by atoms with Gasteiger partial charge in [0.15, 0.2) is 11.5 Å². The molecule has 0 fully saturated rings. The van der Waals surface area contributed by atoms with Crippen molar-refractivity contribution >= 4 is 11.9 Å². The fraction of sp³-hybridized carbons (Fsp3) is 0.467. The molecule has 2 N–H and O–H groups in total. The molecule has 0 spiro atoms. The van der Waals surface area contributed by atoms with Crippen LogP contribution in [0.3, 0.4) is 0 Å². The minimum atomic E-state index is -0.975. The van der Waals surface area contributed by atoms with E-state index in [2.05, 4.69) is 5.32 Å². The highest BCUT2D eigenvalue weighted by Crippen LogP contribution is 2.30. The van der Waals surface area contributed by atoms with Crippen molar-refractivity contribution in [3.63, 3.8) is 0 Å². The summed E-state index contributed by atoms with van der Waals surface area (Å²) < 4.78 is 10.9. The third-order valence-corrected chi connectivity index (χ3v) is 3.63. The molecule has 2 unspecified atom stereocenters. The summed E-state index contributed by atoms with van der Waals surface area (Å²) in [4.78, 5) is 22.8. The Hall–Kier alpha value is -2.24. The first-order valence-electron chi connectivity index (χ1n) is 6.88. The maximum atomic E-state index is 11.9. The third-order valence-electron chi connectivity index (χ3n) is 3.63. The highest BCUT2D eigenvalue weighted by molar-refractivity contribution is 5.84. The van der Waals surface area contributed by atoms with E-state index in [1.54, 1.807) is 13.0 Å². The number of rotatable bonds is 5. The number of aliphatic carboxylic acids is 1. The number of hydrogen-bond acceptors (Lipinski definition) is 4. The van der Waals surface area contributed by atoms with Crippen LogP contribution in [0.4, 0.5) is 0 Å². The van der Waals surface area contributed by atoms with Crippen LogP contribution in [0.1, 0.15) is 19.4 Å². The lowest BCUT2D eigenvalue weighted by atomic mass is 9.95. The molecular formula is C15H19NO5. The van der Waals surface area contributed by atoms with E-state index in [-0.39, 0.29) is 5.91 Å². The number of ether oxygens (including phenoxy) is 2. The molecule has 2 rings (SSSR count). The zero-order valence-electron chi connectivity index (χ0n) is 12.1. The van der Waals surface area contributed by atoms with Crippen LogP contribution in [0.2, 0.25) is 0 Å². The lowest BCUT2D eigenvalue weighted by Crippen LogP contribution is -2.34. The Bertz CT molecular complexity index is 543. The van der Waals surface area contributed by atoms with Crippen LogP contribution >= 0.6 is 0 Å². The van der Waals surface area contributed by atoms with E-state index in [1.807, 2.05) is 12.1 Å². The summed E-state index contributed by atoms with van der Waals surface area (Å²) in [6.07, 6.45) is 0. The molecule has 1 aromatic rings. The van der Waals surface area contributed by atoms with Gasteiger partial charge in [0.05, 0.1) is 5.92 Å². The molecule has 1 amide bonds. The van der Waals surface area contributed by atoms with E-state index >= 15 is 0 Å². The molecular weight excluding hydrogens is 274 g/mol. The lowest BCUT2D eigenvalue weighted by Gasteiger charge is -2.19. The molecule has 1 heterocycles. The van der Waals surface area contributed by atoms with E-state index in [0.717, 1.165) is 5.56 Å². The van der Waals surface area contributed by atoms with Crippen molar-refractivity contribution in [2.24, 2.45) is 11.8 Å². The second-order valence-corrected chi connectivity index (χ2v) is 5.11. The number of fused-ring (bicyclic) bond motifs is 1. The molecule has 0 bridgehead atoms. The zero-order valence-corrected chi connectivity index (χ0v) is 12.1. The minimum absolute atomic E-state index is 0.278. The number of carboxylic acids is 1. The van der Waals surface area contributed by atoms with Gasteiger partial charge in [-0.3, -0.25) is 9.59 Å². The molecule has 0 saturated carbocycles. The van der Waals surface area contributed by atoms with E-state index < -0.39 is 17.8 Å². The van der Waals surface area contributed by atoms with Gasteiger partial charge in [0.1, 0.15) is 13.2 Å². The van der Waals surface area contributed by atoms with Gasteiger partial charge in [-0.05, 0) is 17.7 Å². The lowest BCUT2D eigenvalue weighted by molar-refractivity contribution is -0.146. The van der Waals surface area contributed by atoms with Crippen molar-refractivity contribution in [3.8, 4) is 11.5 Å². The van der Waals surface area contributed by atoms with Crippen molar-refractivity contribution in [2.75, 3.05) is 13.2 Å². The molecule has 1 aromatic carbocycles. The van der Waals surface area contributed by atoms with E-state index in [4.69, 9.17) is 14.6 Å². The molecule has 0 saturated heterocycles. The van der Waals surface area contributed by atoms with Crippen molar-refractivity contribution in [1.29, 1.82) is 0 Å². The van der Waals surface area contributed by atoms with Crippen LogP contribution < -0.4 is 14.8 Å². The molecule has 6 nitrogen and oxygen atoms in total. The number of nitrogens with one attached hydrogen (secondary N) is 1. The Morgan fingerprint density at radius 3 is 2.52 bits per heavy atom. The van der Waals surface area contributed by atoms with Gasteiger partial charge in [-0.25, -0.2) is 0 Å². The van der Waals surface area contributed by atoms with Gasteiger partial charge < -0.3 is 19.9 Å². The second kappa shape index (κ2) is 6.47. The Kier molecular flexibility index (Phi) is 4.67. The number of carbonyl (C=O) groups excluding carboxylic acids is 1. The summed E-state index contributed by atoms with van der Waals surface area (Å²) in [7, 11) is 0. The zero-order chi connectivity index (χ0) is 15.4. The van der Waals surface area contributed by atoms with Gasteiger partial charge in [0.2, 0.25) is 5.91 Å². The summed E-state index contributed by atoms with van der Waals surface area (Å²) in [6.45, 7) is 4.50.